The number of benzene rings is 1. The lowest BCUT2D eigenvalue weighted by Gasteiger charge is -2.26. The highest BCUT2D eigenvalue weighted by molar-refractivity contribution is 6.33. The SMILES string of the molecule is Cc1cc(N)c(Cl)cc1NCC(C)(C)CCCO. The Balaban J connectivity index is 2.66. The number of nitrogens with one attached hydrogen (secondary N) is 1. The summed E-state index contributed by atoms with van der Waals surface area (Å²) < 4.78 is 0. The Bertz CT molecular complexity index is 405. The maximum absolute atomic E-state index is 8.87. The molecule has 0 unspecified atom stereocenters. The molecule has 0 aliphatic carbocycles. The van der Waals surface area contributed by atoms with Crippen LogP contribution in [0.4, 0.5) is 11.4 Å². The zero-order chi connectivity index (χ0) is 13.8. The van der Waals surface area contributed by atoms with Crippen molar-refractivity contribution in [3.05, 3.63) is 22.7 Å². The summed E-state index contributed by atoms with van der Waals surface area (Å²) in [5, 5.41) is 12.9. The van der Waals surface area contributed by atoms with E-state index in [-0.39, 0.29) is 12.0 Å². The maximum Gasteiger partial charge on any atom is 0.0656 e. The molecule has 0 saturated heterocycles. The van der Waals surface area contributed by atoms with Gasteiger partial charge in [0.1, 0.15) is 0 Å². The van der Waals surface area contributed by atoms with Gasteiger partial charge < -0.3 is 16.2 Å². The van der Waals surface area contributed by atoms with E-state index >= 15 is 0 Å². The first-order valence-electron chi connectivity index (χ1n) is 6.26. The van der Waals surface area contributed by atoms with Gasteiger partial charge in [0, 0.05) is 18.8 Å². The summed E-state index contributed by atoms with van der Waals surface area (Å²) in [5.41, 5.74) is 8.61. The van der Waals surface area contributed by atoms with Crippen LogP contribution in [0.3, 0.4) is 0 Å². The summed E-state index contributed by atoms with van der Waals surface area (Å²) in [6, 6.07) is 3.75. The molecule has 0 atom stereocenters. The van der Waals surface area contributed by atoms with Gasteiger partial charge in [0.05, 0.1) is 10.7 Å². The van der Waals surface area contributed by atoms with E-state index in [0.717, 1.165) is 30.6 Å². The highest BCUT2D eigenvalue weighted by atomic mass is 35.5. The lowest BCUT2D eigenvalue weighted by molar-refractivity contribution is 0.248. The molecule has 0 aliphatic heterocycles. The predicted octanol–water partition coefficient (Wildman–Crippen LogP) is 3.44. The molecule has 0 amide bonds. The average Bonchev–Trinajstić information content (AvgIpc) is 2.30. The van der Waals surface area contributed by atoms with Crippen LogP contribution in [-0.4, -0.2) is 18.3 Å². The molecule has 0 spiro atoms. The number of rotatable bonds is 6. The van der Waals surface area contributed by atoms with Crippen LogP contribution >= 0.6 is 11.6 Å². The number of halogens is 1. The first-order valence-corrected chi connectivity index (χ1v) is 6.64. The lowest BCUT2D eigenvalue weighted by atomic mass is 9.88. The molecule has 0 aromatic heterocycles. The van der Waals surface area contributed by atoms with E-state index in [0.29, 0.717) is 10.7 Å². The van der Waals surface area contributed by atoms with Crippen molar-refractivity contribution in [3.8, 4) is 0 Å². The van der Waals surface area contributed by atoms with Gasteiger partial charge in [-0.3, -0.25) is 0 Å². The monoisotopic (exact) mass is 270 g/mol. The summed E-state index contributed by atoms with van der Waals surface area (Å²) in [6.07, 6.45) is 1.81. The van der Waals surface area contributed by atoms with Gasteiger partial charge >= 0.3 is 0 Å². The number of aliphatic hydroxyl groups is 1. The van der Waals surface area contributed by atoms with Crippen LogP contribution in [0.5, 0.6) is 0 Å². The van der Waals surface area contributed by atoms with Gasteiger partial charge in [-0.2, -0.15) is 0 Å². The van der Waals surface area contributed by atoms with E-state index in [1.807, 2.05) is 19.1 Å². The Labute approximate surface area is 114 Å². The second-order valence-corrected chi connectivity index (χ2v) is 5.94. The van der Waals surface area contributed by atoms with Crippen LogP contribution in [-0.2, 0) is 0 Å². The smallest absolute Gasteiger partial charge is 0.0656 e. The third-order valence-corrected chi connectivity index (χ3v) is 3.44. The standard InChI is InChI=1S/C14H23ClN2O/c1-10-7-12(16)11(15)8-13(10)17-9-14(2,3)5-4-6-18/h7-8,17-18H,4-6,9,16H2,1-3H3. The van der Waals surface area contributed by atoms with Crippen molar-refractivity contribution < 1.29 is 5.11 Å². The Morgan fingerprint density at radius 2 is 2.06 bits per heavy atom. The minimum atomic E-state index is 0.142. The maximum atomic E-state index is 8.87. The molecule has 0 saturated carbocycles. The predicted molar refractivity (Wildman–Crippen MR) is 79.2 cm³/mol. The van der Waals surface area contributed by atoms with Gasteiger partial charge in [0.2, 0.25) is 0 Å². The molecule has 0 heterocycles. The molecule has 4 N–H and O–H groups in total. The molecular weight excluding hydrogens is 248 g/mol. The molecule has 1 aromatic carbocycles. The van der Waals surface area contributed by atoms with Crippen LogP contribution in [0.15, 0.2) is 12.1 Å². The van der Waals surface area contributed by atoms with E-state index in [2.05, 4.69) is 19.2 Å². The van der Waals surface area contributed by atoms with Crippen molar-refractivity contribution in [1.82, 2.24) is 0 Å². The fourth-order valence-corrected chi connectivity index (χ4v) is 2.04. The van der Waals surface area contributed by atoms with Crippen molar-refractivity contribution in [3.63, 3.8) is 0 Å². The summed E-state index contributed by atoms with van der Waals surface area (Å²) in [5.74, 6) is 0. The molecule has 1 aromatic rings. The summed E-state index contributed by atoms with van der Waals surface area (Å²) >= 11 is 6.02. The van der Waals surface area contributed by atoms with E-state index < -0.39 is 0 Å². The van der Waals surface area contributed by atoms with E-state index in [9.17, 15) is 0 Å². The summed E-state index contributed by atoms with van der Waals surface area (Å²) in [4.78, 5) is 0. The van der Waals surface area contributed by atoms with Crippen LogP contribution in [0, 0.1) is 12.3 Å². The highest BCUT2D eigenvalue weighted by Crippen LogP contribution is 2.29. The molecule has 18 heavy (non-hydrogen) atoms. The first kappa shape index (κ1) is 15.1. The Hall–Kier alpha value is -0.930. The van der Waals surface area contributed by atoms with Gasteiger partial charge in [-0.15, -0.1) is 0 Å². The van der Waals surface area contributed by atoms with Gasteiger partial charge in [-0.1, -0.05) is 25.4 Å². The van der Waals surface area contributed by atoms with E-state index in [1.54, 1.807) is 0 Å². The Kier molecular flexibility index (Phi) is 5.29. The van der Waals surface area contributed by atoms with Gasteiger partial charge in [-0.25, -0.2) is 0 Å². The largest absolute Gasteiger partial charge is 0.398 e. The topological polar surface area (TPSA) is 58.3 Å². The van der Waals surface area contributed by atoms with E-state index in [4.69, 9.17) is 22.4 Å². The fraction of sp³-hybridized carbons (Fsp3) is 0.571. The van der Waals surface area contributed by atoms with Crippen LogP contribution in [0.2, 0.25) is 5.02 Å². The second-order valence-electron chi connectivity index (χ2n) is 5.53. The number of aliphatic hydroxyl groups excluding tert-OH is 1. The summed E-state index contributed by atoms with van der Waals surface area (Å²) in [7, 11) is 0. The van der Waals surface area contributed by atoms with Crippen molar-refractivity contribution in [2.45, 2.75) is 33.6 Å². The highest BCUT2D eigenvalue weighted by Gasteiger charge is 2.17. The molecule has 0 radical (unpaired) electrons. The first-order chi connectivity index (χ1) is 8.35. The number of hydrogen-bond donors (Lipinski definition) is 3. The minimum Gasteiger partial charge on any atom is -0.398 e. The molecule has 0 aliphatic rings. The minimum absolute atomic E-state index is 0.142. The zero-order valence-corrected chi connectivity index (χ0v) is 12.1. The number of aryl methyl sites for hydroxylation is 1. The Morgan fingerprint density at radius 1 is 1.39 bits per heavy atom. The zero-order valence-electron chi connectivity index (χ0n) is 11.4. The van der Waals surface area contributed by atoms with Crippen LogP contribution < -0.4 is 11.1 Å². The van der Waals surface area contributed by atoms with Gasteiger partial charge in [-0.05, 0) is 42.9 Å². The van der Waals surface area contributed by atoms with Crippen LogP contribution in [0.25, 0.3) is 0 Å². The van der Waals surface area contributed by atoms with Crippen molar-refractivity contribution in [1.29, 1.82) is 0 Å². The normalized spacial score (nSPS) is 11.6. The number of nitrogen functional groups attached to an aromatic ring is 1. The number of hydrogen-bond acceptors (Lipinski definition) is 3. The molecule has 3 nitrogen and oxygen atoms in total. The molecule has 0 fully saturated rings. The summed E-state index contributed by atoms with van der Waals surface area (Å²) in [6.45, 7) is 7.47. The lowest BCUT2D eigenvalue weighted by Crippen LogP contribution is -2.23. The van der Waals surface area contributed by atoms with Gasteiger partial charge in [0.15, 0.2) is 0 Å². The Morgan fingerprint density at radius 3 is 2.67 bits per heavy atom. The quantitative estimate of drug-likeness (QED) is 0.694. The molecule has 0 bridgehead atoms. The molecular formula is C14H23ClN2O. The number of anilines is 2. The number of nitrogens with two attached hydrogens (primary N) is 1. The molecule has 102 valence electrons. The second kappa shape index (κ2) is 6.30. The van der Waals surface area contributed by atoms with Crippen molar-refractivity contribution in [2.24, 2.45) is 5.41 Å². The third-order valence-electron chi connectivity index (χ3n) is 3.11. The fourth-order valence-electron chi connectivity index (χ4n) is 1.87. The molecule has 1 rings (SSSR count). The van der Waals surface area contributed by atoms with Gasteiger partial charge in [0.25, 0.3) is 0 Å². The molecule has 4 heteroatoms. The third kappa shape index (κ3) is 4.39. The van der Waals surface area contributed by atoms with Crippen LogP contribution in [0.1, 0.15) is 32.3 Å². The van der Waals surface area contributed by atoms with Crippen molar-refractivity contribution in [2.75, 3.05) is 24.2 Å². The van der Waals surface area contributed by atoms with Crippen molar-refractivity contribution >= 4 is 23.0 Å². The van der Waals surface area contributed by atoms with E-state index in [1.165, 1.54) is 0 Å². The average molecular weight is 271 g/mol.